The lowest BCUT2D eigenvalue weighted by atomic mass is 10.2. The summed E-state index contributed by atoms with van der Waals surface area (Å²) in [6.07, 6.45) is 1.20. The third-order valence-electron chi connectivity index (χ3n) is 3.87. The molecule has 1 aromatic carbocycles. The minimum atomic E-state index is -0.567. The van der Waals surface area contributed by atoms with Gasteiger partial charge in [0, 0.05) is 12.7 Å². The molecule has 3 amide bonds. The quantitative estimate of drug-likeness (QED) is 0.544. The topological polar surface area (TPSA) is 96.0 Å². The number of ether oxygens (including phenoxy) is 1. The van der Waals surface area contributed by atoms with Crippen molar-refractivity contribution in [2.75, 3.05) is 37.8 Å². The Kier molecular flexibility index (Phi) is 7.62. The number of aryl methyl sites for hydroxylation is 1. The van der Waals surface area contributed by atoms with E-state index in [-0.39, 0.29) is 37.3 Å². The van der Waals surface area contributed by atoms with Crippen molar-refractivity contribution in [2.45, 2.75) is 13.8 Å². The molecule has 0 aromatic heterocycles. The molecule has 0 aliphatic carbocycles. The van der Waals surface area contributed by atoms with E-state index in [1.807, 2.05) is 19.1 Å². The summed E-state index contributed by atoms with van der Waals surface area (Å²) in [5.74, 6) is -1.45. The summed E-state index contributed by atoms with van der Waals surface area (Å²) in [6.45, 7) is 3.45. The van der Waals surface area contributed by atoms with Crippen LogP contribution in [0.1, 0.15) is 12.5 Å². The van der Waals surface area contributed by atoms with Gasteiger partial charge >= 0.3 is 5.97 Å². The van der Waals surface area contributed by atoms with Crippen molar-refractivity contribution >= 4 is 41.1 Å². The first-order chi connectivity index (χ1) is 13.3. The van der Waals surface area contributed by atoms with Crippen molar-refractivity contribution in [3.05, 3.63) is 40.9 Å². The number of carbonyl (C=O) groups excluding carboxylic acids is 4. The van der Waals surface area contributed by atoms with Crippen LogP contribution in [-0.4, -0.2) is 66.0 Å². The van der Waals surface area contributed by atoms with Gasteiger partial charge in [-0.2, -0.15) is 0 Å². The molecule has 0 saturated carbocycles. The molecule has 0 unspecified atom stereocenters. The zero-order valence-corrected chi connectivity index (χ0v) is 16.9. The second-order valence-electron chi connectivity index (χ2n) is 6.17. The summed E-state index contributed by atoms with van der Waals surface area (Å²) in [4.78, 5) is 50.7. The molecule has 9 heteroatoms. The Morgan fingerprint density at radius 2 is 1.96 bits per heavy atom. The molecule has 1 fully saturated rings. The molecule has 0 bridgehead atoms. The van der Waals surface area contributed by atoms with E-state index in [2.05, 4.69) is 5.32 Å². The average Bonchev–Trinajstić information content (AvgIpc) is 2.97. The van der Waals surface area contributed by atoms with Crippen LogP contribution in [-0.2, 0) is 23.9 Å². The largest absolute Gasteiger partial charge is 0.463 e. The van der Waals surface area contributed by atoms with Crippen molar-refractivity contribution in [1.82, 2.24) is 9.80 Å². The van der Waals surface area contributed by atoms with E-state index in [0.29, 0.717) is 10.7 Å². The molecule has 1 saturated heterocycles. The van der Waals surface area contributed by atoms with E-state index < -0.39 is 11.9 Å². The minimum absolute atomic E-state index is 0.149. The van der Waals surface area contributed by atoms with Crippen LogP contribution in [0.3, 0.4) is 0 Å². The summed E-state index contributed by atoms with van der Waals surface area (Å²) in [7, 11) is 1.49. The van der Waals surface area contributed by atoms with Crippen LogP contribution < -0.4 is 5.32 Å². The third kappa shape index (κ3) is 6.12. The number of nitrogens with one attached hydrogen (secondary N) is 1. The summed E-state index contributed by atoms with van der Waals surface area (Å²) < 4.78 is 4.84. The smallest absolute Gasteiger partial charge is 0.333 e. The number of thioether (sulfide) groups is 1. The van der Waals surface area contributed by atoms with Crippen molar-refractivity contribution in [1.29, 1.82) is 0 Å². The number of esters is 1. The van der Waals surface area contributed by atoms with Crippen LogP contribution in [0, 0.1) is 6.92 Å². The Labute approximate surface area is 167 Å². The Bertz CT molecular complexity index is 791. The zero-order chi connectivity index (χ0) is 20.7. The molecule has 150 valence electrons. The molecule has 1 aromatic rings. The molecule has 8 nitrogen and oxygen atoms in total. The van der Waals surface area contributed by atoms with E-state index in [0.717, 1.165) is 5.56 Å². The lowest BCUT2D eigenvalue weighted by molar-refractivity contribution is -0.138. The van der Waals surface area contributed by atoms with Gasteiger partial charge in [0.05, 0.1) is 30.0 Å². The van der Waals surface area contributed by atoms with Crippen LogP contribution >= 0.6 is 11.8 Å². The van der Waals surface area contributed by atoms with Gasteiger partial charge in [-0.15, -0.1) is 0 Å². The first-order valence-corrected chi connectivity index (χ1v) is 9.70. The van der Waals surface area contributed by atoms with Crippen LogP contribution in [0.25, 0.3) is 0 Å². The van der Waals surface area contributed by atoms with Crippen LogP contribution in [0.15, 0.2) is 35.4 Å². The van der Waals surface area contributed by atoms with Gasteiger partial charge in [-0.25, -0.2) is 4.79 Å². The monoisotopic (exact) mass is 405 g/mol. The van der Waals surface area contributed by atoms with Crippen LogP contribution in [0.5, 0.6) is 0 Å². The van der Waals surface area contributed by atoms with Gasteiger partial charge in [0.15, 0.2) is 0 Å². The molecule has 0 spiro atoms. The first kappa shape index (κ1) is 21.5. The maximum Gasteiger partial charge on any atom is 0.333 e. The molecule has 1 heterocycles. The molecule has 1 aliphatic heterocycles. The summed E-state index contributed by atoms with van der Waals surface area (Å²) >= 11 is 1.17. The van der Waals surface area contributed by atoms with Gasteiger partial charge in [0.1, 0.15) is 6.54 Å². The number of anilines is 1. The number of nitrogens with zero attached hydrogens (tertiary/aromatic N) is 2. The zero-order valence-electron chi connectivity index (χ0n) is 16.1. The molecule has 1 N–H and O–H groups in total. The van der Waals surface area contributed by atoms with Crippen molar-refractivity contribution in [2.24, 2.45) is 0 Å². The Balaban J connectivity index is 1.92. The van der Waals surface area contributed by atoms with Gasteiger partial charge < -0.3 is 15.0 Å². The highest BCUT2D eigenvalue weighted by molar-refractivity contribution is 8.04. The number of likely N-dealkylation sites (N-methyl/N-ethyl adjacent to an activating group) is 1. The number of rotatable bonds is 7. The Morgan fingerprint density at radius 3 is 2.61 bits per heavy atom. The minimum Gasteiger partial charge on any atom is -0.463 e. The fourth-order valence-electron chi connectivity index (χ4n) is 2.38. The Hall–Kier alpha value is -2.81. The van der Waals surface area contributed by atoms with Gasteiger partial charge in [-0.05, 0) is 26.0 Å². The van der Waals surface area contributed by atoms with E-state index in [1.54, 1.807) is 19.1 Å². The van der Waals surface area contributed by atoms with E-state index in [4.69, 9.17) is 4.74 Å². The van der Waals surface area contributed by atoms with Crippen LogP contribution in [0.2, 0.25) is 0 Å². The normalized spacial score (nSPS) is 14.9. The number of hydrogen-bond acceptors (Lipinski definition) is 6. The van der Waals surface area contributed by atoms with E-state index in [1.165, 1.54) is 34.7 Å². The predicted molar refractivity (Wildman–Crippen MR) is 106 cm³/mol. The predicted octanol–water partition coefficient (Wildman–Crippen LogP) is 1.37. The molecule has 0 atom stereocenters. The molecule has 2 rings (SSSR count). The fraction of sp³-hybridized carbons (Fsp3) is 0.368. The molecular weight excluding hydrogens is 382 g/mol. The molecule has 1 aliphatic rings. The lowest BCUT2D eigenvalue weighted by Gasteiger charge is -2.21. The Morgan fingerprint density at radius 1 is 1.29 bits per heavy atom. The summed E-state index contributed by atoms with van der Waals surface area (Å²) in [5.41, 5.74) is 1.72. The maximum atomic E-state index is 12.4. The van der Waals surface area contributed by atoms with Gasteiger partial charge in [0.25, 0.3) is 0 Å². The van der Waals surface area contributed by atoms with Gasteiger partial charge in [0.2, 0.25) is 17.7 Å². The van der Waals surface area contributed by atoms with Crippen molar-refractivity contribution in [3.8, 4) is 0 Å². The second-order valence-corrected chi connectivity index (χ2v) is 7.16. The van der Waals surface area contributed by atoms with Gasteiger partial charge in [-0.1, -0.05) is 29.5 Å². The first-order valence-electron chi connectivity index (χ1n) is 8.72. The number of hydrogen-bond donors (Lipinski definition) is 1. The number of benzene rings is 1. The molecular formula is C19H23N3O5S. The van der Waals surface area contributed by atoms with Gasteiger partial charge in [-0.3, -0.25) is 19.3 Å². The molecule has 0 radical (unpaired) electrons. The average molecular weight is 405 g/mol. The second kappa shape index (κ2) is 9.93. The fourth-order valence-corrected chi connectivity index (χ4v) is 3.31. The van der Waals surface area contributed by atoms with E-state index >= 15 is 0 Å². The maximum absolute atomic E-state index is 12.4. The highest BCUT2D eigenvalue weighted by atomic mass is 32.2. The lowest BCUT2D eigenvalue weighted by Crippen LogP contribution is -2.42. The van der Waals surface area contributed by atoms with E-state index in [9.17, 15) is 19.2 Å². The molecule has 28 heavy (non-hydrogen) atoms. The highest BCUT2D eigenvalue weighted by Crippen LogP contribution is 2.28. The number of amides is 3. The van der Waals surface area contributed by atoms with Crippen molar-refractivity contribution < 1.29 is 23.9 Å². The number of carbonyl (C=O) groups is 4. The van der Waals surface area contributed by atoms with Crippen LogP contribution in [0.4, 0.5) is 5.69 Å². The highest BCUT2D eigenvalue weighted by Gasteiger charge is 2.30. The van der Waals surface area contributed by atoms with Crippen molar-refractivity contribution in [3.63, 3.8) is 0 Å². The SMILES string of the molecule is CCOC(=O)/C=C1\SCC(=O)N1CC(=O)N(C)CC(=O)Nc1ccc(C)cc1. The summed E-state index contributed by atoms with van der Waals surface area (Å²) in [5, 5.41) is 3.09. The third-order valence-corrected chi connectivity index (χ3v) is 4.90. The summed E-state index contributed by atoms with van der Waals surface area (Å²) in [6, 6.07) is 7.31. The standard InChI is InChI=1S/C19H23N3O5S/c1-4-27-19(26)9-18-22(17(25)12-28-18)11-16(24)21(3)10-15(23)20-14-7-5-13(2)6-8-14/h5-9H,4,10-12H2,1-3H3,(H,20,23)/b18-9-.